The van der Waals surface area contributed by atoms with E-state index in [-0.39, 0.29) is 6.61 Å². The third kappa shape index (κ3) is 3.68. The molecule has 172 valence electrons. The van der Waals surface area contributed by atoms with Crippen molar-refractivity contribution < 1.29 is 9.23 Å². The SMILES string of the molecule is CCn1c2cc(N3CCN(C)CC3)c(F)cc2n2c(=O)n(OCc3ccccc3)c(=O)cc12. The number of nitrogens with zero attached hydrogens (tertiary/aromatic N) is 5. The molecule has 0 amide bonds. The van der Waals surface area contributed by atoms with Crippen LogP contribution in [-0.2, 0) is 13.2 Å². The molecular weight excluding hydrogens is 425 g/mol. The fourth-order valence-corrected chi connectivity index (χ4v) is 4.45. The molecule has 0 unspecified atom stereocenters. The molecule has 5 rings (SSSR count). The van der Waals surface area contributed by atoms with E-state index in [1.54, 1.807) is 6.07 Å². The Hall–Kier alpha value is -3.59. The molecule has 1 saturated heterocycles. The number of hydrogen-bond acceptors (Lipinski definition) is 5. The van der Waals surface area contributed by atoms with Crippen LogP contribution in [0, 0.1) is 5.82 Å². The van der Waals surface area contributed by atoms with Crippen molar-refractivity contribution in [2.24, 2.45) is 0 Å². The molecule has 1 fully saturated rings. The number of imidazole rings is 1. The van der Waals surface area contributed by atoms with E-state index in [2.05, 4.69) is 4.90 Å². The zero-order chi connectivity index (χ0) is 23.1. The van der Waals surface area contributed by atoms with E-state index >= 15 is 4.39 Å². The van der Waals surface area contributed by atoms with Crippen LogP contribution in [0.4, 0.5) is 10.1 Å². The third-order valence-electron chi connectivity index (χ3n) is 6.26. The normalized spacial score (nSPS) is 14.9. The lowest BCUT2D eigenvalue weighted by Gasteiger charge is -2.34. The molecule has 1 aliphatic rings. The van der Waals surface area contributed by atoms with Gasteiger partial charge in [0.15, 0.2) is 0 Å². The number of halogens is 1. The van der Waals surface area contributed by atoms with Gasteiger partial charge in [-0.2, -0.15) is 0 Å². The van der Waals surface area contributed by atoms with Crippen LogP contribution in [0.2, 0.25) is 0 Å². The molecule has 0 radical (unpaired) electrons. The fourth-order valence-electron chi connectivity index (χ4n) is 4.45. The minimum atomic E-state index is -0.655. The van der Waals surface area contributed by atoms with E-state index in [9.17, 15) is 9.59 Å². The molecule has 2 aromatic carbocycles. The molecule has 2 aromatic heterocycles. The van der Waals surface area contributed by atoms with Crippen LogP contribution in [0.15, 0.2) is 58.1 Å². The number of piperazine rings is 1. The van der Waals surface area contributed by atoms with Gasteiger partial charge in [0, 0.05) is 44.9 Å². The summed E-state index contributed by atoms with van der Waals surface area (Å²) < 4.78 is 19.2. The van der Waals surface area contributed by atoms with Crippen molar-refractivity contribution in [2.75, 3.05) is 38.1 Å². The summed E-state index contributed by atoms with van der Waals surface area (Å²) in [5, 5.41) is 0. The van der Waals surface area contributed by atoms with Crippen molar-refractivity contribution in [1.29, 1.82) is 0 Å². The van der Waals surface area contributed by atoms with Crippen molar-refractivity contribution in [3.63, 3.8) is 0 Å². The first kappa shape index (κ1) is 21.3. The Balaban J connectivity index is 1.64. The average Bonchev–Trinajstić information content (AvgIpc) is 3.11. The zero-order valence-corrected chi connectivity index (χ0v) is 18.7. The molecule has 9 heteroatoms. The molecular formula is C24H26FN5O3. The van der Waals surface area contributed by atoms with Crippen LogP contribution in [0.1, 0.15) is 12.5 Å². The van der Waals surface area contributed by atoms with E-state index in [0.29, 0.717) is 28.9 Å². The van der Waals surface area contributed by atoms with Crippen LogP contribution >= 0.6 is 0 Å². The van der Waals surface area contributed by atoms with E-state index in [0.717, 1.165) is 36.5 Å². The lowest BCUT2D eigenvalue weighted by molar-refractivity contribution is 0.0785. The predicted molar refractivity (Wildman–Crippen MR) is 125 cm³/mol. The third-order valence-corrected chi connectivity index (χ3v) is 6.26. The van der Waals surface area contributed by atoms with Gasteiger partial charge in [0.05, 0.1) is 16.7 Å². The van der Waals surface area contributed by atoms with Crippen molar-refractivity contribution in [1.82, 2.24) is 18.6 Å². The summed E-state index contributed by atoms with van der Waals surface area (Å²) in [5.41, 5.74) is 1.64. The lowest BCUT2D eigenvalue weighted by atomic mass is 10.2. The van der Waals surface area contributed by atoms with Gasteiger partial charge in [0.25, 0.3) is 5.56 Å². The summed E-state index contributed by atoms with van der Waals surface area (Å²) in [6.07, 6.45) is 0. The highest BCUT2D eigenvalue weighted by atomic mass is 19.1. The van der Waals surface area contributed by atoms with Crippen LogP contribution in [-0.4, -0.2) is 51.8 Å². The van der Waals surface area contributed by atoms with Gasteiger partial charge in [0.1, 0.15) is 18.1 Å². The number of rotatable bonds is 5. The Morgan fingerprint density at radius 1 is 0.970 bits per heavy atom. The summed E-state index contributed by atoms with van der Waals surface area (Å²) in [6.45, 7) is 5.68. The number of benzene rings is 2. The molecule has 33 heavy (non-hydrogen) atoms. The maximum Gasteiger partial charge on any atom is 0.370 e. The minimum absolute atomic E-state index is 0.0659. The monoisotopic (exact) mass is 451 g/mol. The van der Waals surface area contributed by atoms with Crippen LogP contribution in [0.3, 0.4) is 0 Å². The van der Waals surface area contributed by atoms with Gasteiger partial charge in [0.2, 0.25) is 0 Å². The number of hydrogen-bond donors (Lipinski definition) is 0. The Kier molecular flexibility index (Phi) is 5.41. The molecule has 0 saturated carbocycles. The lowest BCUT2D eigenvalue weighted by Crippen LogP contribution is -2.44. The van der Waals surface area contributed by atoms with Crippen molar-refractivity contribution in [3.8, 4) is 0 Å². The summed E-state index contributed by atoms with van der Waals surface area (Å²) in [5.74, 6) is -0.392. The second-order valence-electron chi connectivity index (χ2n) is 8.34. The van der Waals surface area contributed by atoms with Gasteiger partial charge in [-0.3, -0.25) is 4.79 Å². The highest BCUT2D eigenvalue weighted by Gasteiger charge is 2.22. The van der Waals surface area contributed by atoms with Gasteiger partial charge >= 0.3 is 5.69 Å². The van der Waals surface area contributed by atoms with Crippen molar-refractivity contribution in [2.45, 2.75) is 20.1 Å². The maximum atomic E-state index is 15.2. The molecule has 1 aliphatic heterocycles. The summed E-state index contributed by atoms with van der Waals surface area (Å²) >= 11 is 0. The van der Waals surface area contributed by atoms with Gasteiger partial charge < -0.3 is 19.2 Å². The molecule has 3 heterocycles. The highest BCUT2D eigenvalue weighted by Crippen LogP contribution is 2.28. The Bertz CT molecular complexity index is 1430. The second kappa shape index (κ2) is 8.40. The van der Waals surface area contributed by atoms with Crippen molar-refractivity contribution in [3.05, 3.63) is 80.7 Å². The molecule has 0 bridgehead atoms. The highest BCUT2D eigenvalue weighted by molar-refractivity contribution is 5.85. The first-order valence-electron chi connectivity index (χ1n) is 11.1. The van der Waals surface area contributed by atoms with Crippen LogP contribution < -0.4 is 21.0 Å². The topological polar surface area (TPSA) is 64.1 Å². The molecule has 0 spiro atoms. The maximum absolute atomic E-state index is 15.2. The van der Waals surface area contributed by atoms with Crippen molar-refractivity contribution >= 4 is 22.4 Å². The Labute approximate surface area is 189 Å². The van der Waals surface area contributed by atoms with Gasteiger partial charge in [-0.1, -0.05) is 35.1 Å². The van der Waals surface area contributed by atoms with Gasteiger partial charge in [-0.05, 0) is 25.6 Å². The largest absolute Gasteiger partial charge is 0.401 e. The average molecular weight is 452 g/mol. The molecule has 4 aromatic rings. The van der Waals surface area contributed by atoms with E-state index in [4.69, 9.17) is 4.84 Å². The van der Waals surface area contributed by atoms with Gasteiger partial charge in [-0.15, -0.1) is 0 Å². The number of fused-ring (bicyclic) bond motifs is 3. The Morgan fingerprint density at radius 3 is 2.39 bits per heavy atom. The predicted octanol–water partition coefficient (Wildman–Crippen LogP) is 1.96. The minimum Gasteiger partial charge on any atom is -0.401 e. The summed E-state index contributed by atoms with van der Waals surface area (Å²) in [7, 11) is 2.05. The zero-order valence-electron chi connectivity index (χ0n) is 18.7. The number of aromatic nitrogens is 3. The molecule has 0 N–H and O–H groups in total. The standard InChI is InChI=1S/C24H26FN5O3/c1-3-28-20-14-19(27-11-9-26(2)10-12-27)18(25)13-21(20)29-22(28)15-23(31)30(24(29)32)33-16-17-7-5-4-6-8-17/h4-8,13-15H,3,9-12,16H2,1-2H3. The first-order chi connectivity index (χ1) is 16.0. The van der Waals surface area contributed by atoms with E-state index in [1.165, 1.54) is 16.5 Å². The van der Waals surface area contributed by atoms with Crippen LogP contribution in [0.25, 0.3) is 16.7 Å². The Morgan fingerprint density at radius 2 is 1.70 bits per heavy atom. The molecule has 8 nitrogen and oxygen atoms in total. The second-order valence-corrected chi connectivity index (χ2v) is 8.34. The first-order valence-corrected chi connectivity index (χ1v) is 11.1. The number of anilines is 1. The van der Waals surface area contributed by atoms with E-state index < -0.39 is 17.1 Å². The van der Waals surface area contributed by atoms with E-state index in [1.807, 2.05) is 53.8 Å². The summed E-state index contributed by atoms with van der Waals surface area (Å²) in [6, 6.07) is 13.8. The number of aryl methyl sites for hydroxylation is 1. The molecule has 0 atom stereocenters. The smallest absolute Gasteiger partial charge is 0.370 e. The fraction of sp³-hybridized carbons (Fsp3) is 0.333. The van der Waals surface area contributed by atoms with Gasteiger partial charge in [-0.25, -0.2) is 13.6 Å². The summed E-state index contributed by atoms with van der Waals surface area (Å²) in [4.78, 5) is 35.9. The quantitative estimate of drug-likeness (QED) is 0.464. The van der Waals surface area contributed by atoms with Crippen LogP contribution in [0.5, 0.6) is 0 Å². The number of likely N-dealkylation sites (N-methyl/N-ethyl adjacent to an activating group) is 1. The molecule has 0 aliphatic carbocycles.